The Balaban J connectivity index is 0. The number of hydrogen-bond acceptors (Lipinski definition) is 4. The van der Waals surface area contributed by atoms with Gasteiger partial charge in [0.1, 0.15) is 0 Å². The number of carboxylic acid groups (broad SMARTS) is 2. The summed E-state index contributed by atoms with van der Waals surface area (Å²) in [6, 6.07) is 5.14. The number of carbonyl (C=O) groups excluding carboxylic acids is 2. The van der Waals surface area contributed by atoms with Crippen LogP contribution in [0.4, 0.5) is 0 Å². The van der Waals surface area contributed by atoms with Crippen molar-refractivity contribution in [1.82, 2.24) is 0 Å². The van der Waals surface area contributed by atoms with E-state index < -0.39 is 11.9 Å². The van der Waals surface area contributed by atoms with Gasteiger partial charge < -0.3 is 19.8 Å². The Bertz CT molecular complexity index is 305. The summed E-state index contributed by atoms with van der Waals surface area (Å²) in [5, 5.41) is 20.6. The van der Waals surface area contributed by atoms with Crippen molar-refractivity contribution in [3.8, 4) is 0 Å². The molecule has 0 bridgehead atoms. The zero-order valence-electron chi connectivity index (χ0n) is 6.55. The first-order valence-corrected chi connectivity index (χ1v) is 3.14. The molecule has 6 heteroatoms. The molecule has 0 saturated carbocycles. The number of aromatic carboxylic acids is 2. The molecule has 0 aliphatic rings. The molecule has 14 heavy (non-hydrogen) atoms. The monoisotopic (exact) mass is 290 g/mol. The average molecular weight is 291 g/mol. The number of rotatable bonds is 2. The van der Waals surface area contributed by atoms with Crippen LogP contribution in [0.3, 0.4) is 0 Å². The number of carbonyl (C=O) groups is 2. The molecule has 0 saturated heterocycles. The third-order valence-corrected chi connectivity index (χ3v) is 1.37. The fraction of sp³-hybridized carbons (Fsp3) is 0. The summed E-state index contributed by atoms with van der Waals surface area (Å²) >= 11 is 0. The van der Waals surface area contributed by atoms with E-state index >= 15 is 0 Å². The van der Waals surface area contributed by atoms with Gasteiger partial charge in [0.2, 0.25) is 0 Å². The van der Waals surface area contributed by atoms with Crippen molar-refractivity contribution in [2.45, 2.75) is 0 Å². The molecule has 0 atom stereocenters. The van der Waals surface area contributed by atoms with E-state index in [2.05, 4.69) is 0 Å². The van der Waals surface area contributed by atoms with Crippen LogP contribution in [0.5, 0.6) is 0 Å². The molecule has 0 aliphatic heterocycles. The minimum atomic E-state index is -1.52. The second kappa shape index (κ2) is 6.62. The Kier molecular flexibility index (Phi) is 7.41. The average Bonchev–Trinajstić information content (AvgIpc) is 2.04. The molecule has 1 rings (SSSR count). The SMILES string of the molecule is O=C([O-])c1ccccc1C(=O)[O-].[Cu+].[Cu+]. The summed E-state index contributed by atoms with van der Waals surface area (Å²) in [7, 11) is 0. The van der Waals surface area contributed by atoms with E-state index in [0.29, 0.717) is 0 Å². The molecule has 0 fully saturated rings. The van der Waals surface area contributed by atoms with Crippen LogP contribution in [0.15, 0.2) is 24.3 Å². The Labute approximate surface area is 101 Å². The molecule has 0 aliphatic carbocycles. The van der Waals surface area contributed by atoms with Gasteiger partial charge in [-0.3, -0.25) is 0 Å². The molecule has 0 radical (unpaired) electrons. The van der Waals surface area contributed by atoms with Gasteiger partial charge in [0.25, 0.3) is 0 Å². The van der Waals surface area contributed by atoms with Crippen LogP contribution in [-0.2, 0) is 34.1 Å². The van der Waals surface area contributed by atoms with Gasteiger partial charge in [-0.2, -0.15) is 0 Å². The van der Waals surface area contributed by atoms with Crippen molar-refractivity contribution in [3.63, 3.8) is 0 Å². The molecule has 0 heterocycles. The summed E-state index contributed by atoms with van der Waals surface area (Å²) in [5.74, 6) is -3.04. The summed E-state index contributed by atoms with van der Waals surface area (Å²) in [6.45, 7) is 0. The van der Waals surface area contributed by atoms with Crippen LogP contribution in [0, 0.1) is 0 Å². The maximum atomic E-state index is 10.3. The fourth-order valence-electron chi connectivity index (χ4n) is 0.839. The minimum absolute atomic E-state index is 0. The molecule has 1 aromatic carbocycles. The van der Waals surface area contributed by atoms with Gasteiger partial charge in [-0.1, -0.05) is 24.3 Å². The predicted octanol–water partition coefficient (Wildman–Crippen LogP) is -1.59. The van der Waals surface area contributed by atoms with Gasteiger partial charge in [-0.15, -0.1) is 0 Å². The molecular weight excluding hydrogens is 287 g/mol. The predicted molar refractivity (Wildman–Crippen MR) is 35.1 cm³/mol. The van der Waals surface area contributed by atoms with Crippen molar-refractivity contribution in [2.24, 2.45) is 0 Å². The quantitative estimate of drug-likeness (QED) is 0.615. The topological polar surface area (TPSA) is 80.3 Å². The third-order valence-electron chi connectivity index (χ3n) is 1.37. The van der Waals surface area contributed by atoms with Gasteiger partial charge >= 0.3 is 34.1 Å². The molecule has 0 aromatic heterocycles. The van der Waals surface area contributed by atoms with Crippen molar-refractivity contribution in [1.29, 1.82) is 0 Å². The normalized spacial score (nSPS) is 8.00. The second-order valence-corrected chi connectivity index (χ2v) is 2.12. The van der Waals surface area contributed by atoms with Crippen LogP contribution in [0.1, 0.15) is 20.7 Å². The number of carboxylic acids is 2. The van der Waals surface area contributed by atoms with Crippen LogP contribution < -0.4 is 10.2 Å². The number of benzene rings is 1. The summed E-state index contributed by atoms with van der Waals surface area (Å²) in [4.78, 5) is 20.6. The van der Waals surface area contributed by atoms with Gasteiger partial charge in [0.15, 0.2) is 0 Å². The Morgan fingerprint density at radius 1 is 0.857 bits per heavy atom. The standard InChI is InChI=1S/C8H6O4.2Cu/c9-7(10)5-3-1-2-4-6(5)8(11)12;;/h1-4H,(H,9,10)(H,11,12);;/q;2*+1/p-2. The molecular formula is C8H4Cu2O4. The fourth-order valence-corrected chi connectivity index (χ4v) is 0.839. The molecule has 0 spiro atoms. The molecule has 0 unspecified atom stereocenters. The zero-order chi connectivity index (χ0) is 9.14. The van der Waals surface area contributed by atoms with E-state index in [-0.39, 0.29) is 45.3 Å². The van der Waals surface area contributed by atoms with Crippen LogP contribution in [0.2, 0.25) is 0 Å². The Morgan fingerprint density at radius 3 is 1.36 bits per heavy atom. The number of hydrogen-bond donors (Lipinski definition) is 0. The summed E-state index contributed by atoms with van der Waals surface area (Å²) in [6.07, 6.45) is 0. The molecule has 4 nitrogen and oxygen atoms in total. The van der Waals surface area contributed by atoms with E-state index in [1.807, 2.05) is 0 Å². The van der Waals surface area contributed by atoms with Crippen LogP contribution in [-0.4, -0.2) is 11.9 Å². The smallest absolute Gasteiger partial charge is 0.545 e. The van der Waals surface area contributed by atoms with E-state index in [0.717, 1.165) is 12.1 Å². The van der Waals surface area contributed by atoms with Gasteiger partial charge in [0, 0.05) is 11.1 Å². The van der Waals surface area contributed by atoms with E-state index in [1.54, 1.807) is 0 Å². The molecule has 0 amide bonds. The van der Waals surface area contributed by atoms with Crippen molar-refractivity contribution < 1.29 is 53.9 Å². The Hall–Kier alpha value is -0.801. The van der Waals surface area contributed by atoms with Gasteiger partial charge in [0.05, 0.1) is 11.9 Å². The first kappa shape index (κ1) is 15.7. The zero-order valence-corrected chi connectivity index (χ0v) is 8.43. The van der Waals surface area contributed by atoms with E-state index in [4.69, 9.17) is 0 Å². The minimum Gasteiger partial charge on any atom is -0.545 e. The Morgan fingerprint density at radius 2 is 1.14 bits per heavy atom. The van der Waals surface area contributed by atoms with Crippen molar-refractivity contribution in [2.75, 3.05) is 0 Å². The van der Waals surface area contributed by atoms with Crippen molar-refractivity contribution in [3.05, 3.63) is 35.4 Å². The summed E-state index contributed by atoms with van der Waals surface area (Å²) in [5.41, 5.74) is -0.727. The van der Waals surface area contributed by atoms with E-state index in [9.17, 15) is 19.8 Å². The maximum Gasteiger partial charge on any atom is 1.00 e. The molecule has 82 valence electrons. The van der Waals surface area contributed by atoms with Gasteiger partial charge in [-0.25, -0.2) is 0 Å². The largest absolute Gasteiger partial charge is 1.00 e. The van der Waals surface area contributed by atoms with Crippen LogP contribution >= 0.6 is 0 Å². The van der Waals surface area contributed by atoms with Gasteiger partial charge in [-0.05, 0) is 0 Å². The van der Waals surface area contributed by atoms with E-state index in [1.165, 1.54) is 12.1 Å². The maximum absolute atomic E-state index is 10.3. The van der Waals surface area contributed by atoms with Crippen LogP contribution in [0.25, 0.3) is 0 Å². The first-order valence-electron chi connectivity index (χ1n) is 3.14. The summed E-state index contributed by atoms with van der Waals surface area (Å²) < 4.78 is 0. The molecule has 0 N–H and O–H groups in total. The molecule has 1 aromatic rings. The second-order valence-electron chi connectivity index (χ2n) is 2.12. The first-order chi connectivity index (χ1) is 5.63. The third kappa shape index (κ3) is 3.52. The van der Waals surface area contributed by atoms with Crippen molar-refractivity contribution >= 4 is 11.9 Å².